The second-order valence-electron chi connectivity index (χ2n) is 22.8. The van der Waals surface area contributed by atoms with Gasteiger partial charge in [-0.05, 0) is 188 Å². The molecule has 15 nitrogen and oxygen atoms in total. The summed E-state index contributed by atoms with van der Waals surface area (Å²) in [5, 5.41) is 9.83. The first-order valence-electron chi connectivity index (χ1n) is 30.1. The predicted octanol–water partition coefficient (Wildman–Crippen LogP) is 13.7. The molecule has 576 valence electrons. The first-order valence-corrected chi connectivity index (χ1v) is 30.5. The summed E-state index contributed by atoms with van der Waals surface area (Å²) in [6.45, 7) is 6.24. The van der Waals surface area contributed by atoms with E-state index in [0.29, 0.717) is 54.1 Å². The van der Waals surface area contributed by atoms with E-state index in [-0.39, 0.29) is 93.2 Å². The average molecular weight is 1580 g/mol. The van der Waals surface area contributed by atoms with Crippen molar-refractivity contribution >= 4 is 41.2 Å². The van der Waals surface area contributed by atoms with Crippen molar-refractivity contribution in [2.75, 3.05) is 14.2 Å². The number of alkyl halides is 14. The monoisotopic (exact) mass is 1580 g/mol. The molecule has 108 heavy (non-hydrogen) atoms. The minimum Gasteiger partial charge on any atom is -0.662 e. The fourth-order valence-electron chi connectivity index (χ4n) is 9.71. The van der Waals surface area contributed by atoms with Crippen LogP contribution in [0.25, 0.3) is 0 Å². The predicted molar refractivity (Wildman–Crippen MR) is 337 cm³/mol. The van der Waals surface area contributed by atoms with E-state index in [0.717, 1.165) is 49.6 Å². The van der Waals surface area contributed by atoms with Crippen LogP contribution in [0.4, 0.5) is 87.8 Å². The van der Waals surface area contributed by atoms with Crippen LogP contribution in [0.5, 0.6) is 23.0 Å². The van der Waals surface area contributed by atoms with Crippen LogP contribution in [0.15, 0.2) is 158 Å². The first kappa shape index (κ1) is 90.7. The molecule has 0 aromatic heterocycles. The van der Waals surface area contributed by atoms with Crippen LogP contribution >= 0.6 is 11.6 Å². The van der Waals surface area contributed by atoms with Gasteiger partial charge in [-0.2, -0.15) is 61.5 Å². The van der Waals surface area contributed by atoms with Crippen molar-refractivity contribution in [3.63, 3.8) is 0 Å². The van der Waals surface area contributed by atoms with Gasteiger partial charge < -0.3 is 49.6 Å². The van der Waals surface area contributed by atoms with Gasteiger partial charge in [0, 0.05) is 29.7 Å². The topological polar surface area (TPSA) is 211 Å². The maximum absolute atomic E-state index is 15.2. The van der Waals surface area contributed by atoms with Gasteiger partial charge in [0.15, 0.2) is 23.1 Å². The number of methoxy groups -OCH3 is 2. The Morgan fingerprint density at radius 1 is 0.481 bits per heavy atom. The normalized spacial score (nSPS) is 12.6. The Labute approximate surface area is 626 Å². The average Bonchev–Trinajstić information content (AvgIpc) is 0.756. The Hall–Kier alpha value is -9.68. The molecule has 2 atom stereocenters. The Morgan fingerprint density at radius 3 is 1.23 bits per heavy atom. The minimum atomic E-state index is -5.25. The largest absolute Gasteiger partial charge is 1.00 e. The fraction of sp³-hybridized carbons (Fsp3) is 0.254. The minimum absolute atomic E-state index is 0. The fourth-order valence-corrected chi connectivity index (χ4v) is 9.83. The molecule has 8 aromatic carbocycles. The van der Waals surface area contributed by atoms with Gasteiger partial charge >= 0.3 is 78.9 Å². The van der Waals surface area contributed by atoms with Gasteiger partial charge in [-0.15, -0.1) is 0 Å². The molecule has 8 rings (SSSR count). The molecule has 0 saturated heterocycles. The van der Waals surface area contributed by atoms with Crippen molar-refractivity contribution in [3.05, 3.63) is 259 Å². The zero-order chi connectivity index (χ0) is 80.5. The van der Waals surface area contributed by atoms with E-state index in [1.807, 2.05) is 0 Å². The molecule has 37 heteroatoms. The van der Waals surface area contributed by atoms with Crippen LogP contribution in [-0.4, -0.2) is 81.1 Å². The van der Waals surface area contributed by atoms with Crippen molar-refractivity contribution in [2.45, 2.75) is 101 Å². The van der Waals surface area contributed by atoms with Crippen molar-refractivity contribution in [2.24, 2.45) is 5.73 Å². The van der Waals surface area contributed by atoms with Gasteiger partial charge in [0.1, 0.15) is 34.8 Å². The Morgan fingerprint density at radius 2 is 0.843 bits per heavy atom. The molecule has 8 aromatic rings. The summed E-state index contributed by atoms with van der Waals surface area (Å²) in [5.74, 6) is -12.5. The summed E-state index contributed by atoms with van der Waals surface area (Å²) in [7, 11) is 2.33. The van der Waals surface area contributed by atoms with E-state index < -0.39 is 165 Å². The molecule has 0 aliphatic carbocycles. The summed E-state index contributed by atoms with van der Waals surface area (Å²) < 4.78 is 299. The smallest absolute Gasteiger partial charge is 0.662 e. The van der Waals surface area contributed by atoms with Crippen LogP contribution in [0.3, 0.4) is 0 Å². The van der Waals surface area contributed by atoms with Gasteiger partial charge in [0.05, 0.1) is 59.8 Å². The number of ether oxygens (including phenoxy) is 6. The van der Waals surface area contributed by atoms with Gasteiger partial charge in [-0.25, -0.2) is 35.9 Å². The van der Waals surface area contributed by atoms with Crippen LogP contribution in [0, 0.1) is 34.9 Å². The second-order valence-corrected chi connectivity index (χ2v) is 23.2. The molecule has 0 saturated carbocycles. The maximum atomic E-state index is 15.2. The summed E-state index contributed by atoms with van der Waals surface area (Å²) in [6.07, 6.45) is -30.3. The number of benzene rings is 8. The first-order chi connectivity index (χ1) is 49.7. The van der Waals surface area contributed by atoms with Gasteiger partial charge in [0.25, 0.3) is 17.6 Å². The Balaban J connectivity index is 0.000000377. The summed E-state index contributed by atoms with van der Waals surface area (Å²) in [5.41, 5.74) is -1.35. The molecule has 0 radical (unpaired) electrons. The molecule has 3 N–H and O–H groups in total. The zero-order valence-corrected chi connectivity index (χ0v) is 59.4. The maximum Gasteiger partial charge on any atom is 1.00 e. The van der Waals surface area contributed by atoms with E-state index >= 15 is 4.39 Å². The van der Waals surface area contributed by atoms with E-state index in [1.165, 1.54) is 69.5 Å². The van der Waals surface area contributed by atoms with Crippen molar-refractivity contribution in [3.8, 4) is 23.0 Å². The Bertz CT molecular complexity index is 4420. The Kier molecular flexibility index (Phi) is 32.3. The van der Waals surface area contributed by atoms with Crippen molar-refractivity contribution in [1.82, 2.24) is 5.32 Å². The molecule has 0 heterocycles. The van der Waals surface area contributed by atoms with Gasteiger partial charge in [-0.3, -0.25) is 14.4 Å². The number of hydrogen-bond donors (Lipinski definition) is 2. The molecule has 0 unspecified atom stereocenters. The SMILES string of the molecule is COC(=O)c1ccc(C[C@](N)(c2cc(F)cc(OC(F)(F)C(F)F)c2)c2ccc(F)c(OC(C)C)c2)cc1.COC(=O)c1ccc(C[C@](NC(=O)c2ccc(F)c(C(F)(F)F)c2)(c2cc(F)cc(OC(F)(F)C(F)F)c2)c2ccc(F)c(OC(C)C)c2)cc1.O=C(Cl)c1ccc(F)c(C(F)(F)F)c1.O=CO[O-].[Na+]. The number of hydrogen-bond acceptors (Lipinski definition) is 14. The van der Waals surface area contributed by atoms with Crippen molar-refractivity contribution in [1.29, 1.82) is 0 Å². The number of esters is 2. The van der Waals surface area contributed by atoms with Crippen LogP contribution in [-0.2, 0) is 55.4 Å². The molecule has 0 aliphatic heterocycles. The van der Waals surface area contributed by atoms with E-state index in [4.69, 9.17) is 36.9 Å². The van der Waals surface area contributed by atoms with Crippen molar-refractivity contribution < 1.29 is 180 Å². The van der Waals surface area contributed by atoms with E-state index in [2.05, 4.69) is 29.2 Å². The zero-order valence-electron chi connectivity index (χ0n) is 56.6. The molecular formula is C71H56ClF20N2NaO13. The third kappa shape index (κ3) is 24.7. The quantitative estimate of drug-likeness (QED) is 0.0110. The summed E-state index contributed by atoms with van der Waals surface area (Å²) in [4.78, 5) is 59.5. The number of nitrogens with one attached hydrogen (secondary N) is 1. The number of carbonyl (C=O) groups is 5. The number of nitrogens with two attached hydrogens (primary N) is 1. The van der Waals surface area contributed by atoms with Gasteiger partial charge in [-0.1, -0.05) is 36.4 Å². The standard InChI is InChI=1S/C35H27F10NO5.C27H25F6NO4.C8H3ClF4O.CH2O3.Na/c1-18(2)50-29-15-22(9-11-28(29)38)33(17-19-4-6-20(7-5-19)31(48)49-3,23-13-24(36)16-25(14-23)51-35(44,45)32(39)40)46-30(47)21-8-10-27(37)26(12-21)34(41,42)43;1-15(2)37-23-12-18(8-9-22(23)29)26(34,14-16-4-6-17(7-5-16)24(35)36-3)19-10-20(28)13-21(11-19)38-27(32,33)25(30)31;9-7(14)4-1-2-6(10)5(3-4)8(11,12)13;2-1-4-3;/h4-16,18,32H,17H2,1-3H3,(H,46,47);4-13,15,25H,14,34H2,1-3H3;1-3H;1,3H;/q;;;;+1/p-1/t33-;26-;;;/m11.../s1. The molecule has 0 fully saturated rings. The molecule has 0 spiro atoms. The molecule has 1 amide bonds. The van der Waals surface area contributed by atoms with Crippen LogP contribution < -0.4 is 64.8 Å². The second kappa shape index (κ2) is 38.4. The number of rotatable bonds is 24. The van der Waals surface area contributed by atoms with Crippen LogP contribution in [0.2, 0.25) is 0 Å². The number of amides is 1. The number of halogens is 21. The third-order valence-electron chi connectivity index (χ3n) is 14.5. The van der Waals surface area contributed by atoms with Gasteiger partial charge in [0.2, 0.25) is 0 Å². The molecular weight excluding hydrogens is 1530 g/mol. The molecule has 0 bridgehead atoms. The number of carbonyl (C=O) groups excluding carboxylic acids is 5. The molecule has 0 aliphatic rings. The third-order valence-corrected chi connectivity index (χ3v) is 14.7. The van der Waals surface area contributed by atoms with Crippen LogP contribution in [0.1, 0.15) is 114 Å². The van der Waals surface area contributed by atoms with E-state index in [1.54, 1.807) is 26.0 Å². The summed E-state index contributed by atoms with van der Waals surface area (Å²) in [6, 6.07) is 25.1. The summed E-state index contributed by atoms with van der Waals surface area (Å²) >= 11 is 4.95. The van der Waals surface area contributed by atoms with E-state index in [9.17, 15) is 103 Å².